The molecule has 0 spiro atoms. The predicted molar refractivity (Wildman–Crippen MR) is 92.6 cm³/mol. The van der Waals surface area contributed by atoms with Crippen LogP contribution in [0.1, 0.15) is 39.1 Å². The number of nitrogens with zero attached hydrogens (tertiary/aromatic N) is 1. The van der Waals surface area contributed by atoms with Crippen LogP contribution >= 0.6 is 0 Å². The van der Waals surface area contributed by atoms with Crippen LogP contribution in [0.2, 0.25) is 0 Å². The van der Waals surface area contributed by atoms with Gasteiger partial charge in [0.1, 0.15) is 0 Å². The van der Waals surface area contributed by atoms with Crippen molar-refractivity contribution in [3.63, 3.8) is 0 Å². The van der Waals surface area contributed by atoms with Crippen LogP contribution in [-0.4, -0.2) is 29.4 Å². The summed E-state index contributed by atoms with van der Waals surface area (Å²) in [6.07, 6.45) is 1.48. The zero-order valence-electron chi connectivity index (χ0n) is 13.6. The molecule has 0 aromatic heterocycles. The highest BCUT2D eigenvalue weighted by molar-refractivity contribution is 5.96. The molecule has 1 aliphatic heterocycles. The summed E-state index contributed by atoms with van der Waals surface area (Å²) in [5, 5.41) is 11.7. The van der Waals surface area contributed by atoms with Crippen LogP contribution in [0.4, 0.5) is 5.69 Å². The molecule has 0 bridgehead atoms. The fraction of sp³-hybridized carbons (Fsp3) is 0.211. The van der Waals surface area contributed by atoms with E-state index in [9.17, 15) is 14.4 Å². The van der Waals surface area contributed by atoms with Crippen molar-refractivity contribution in [2.45, 2.75) is 19.4 Å². The smallest absolute Gasteiger partial charge is 0.335 e. The van der Waals surface area contributed by atoms with Crippen molar-refractivity contribution < 1.29 is 19.5 Å². The highest BCUT2D eigenvalue weighted by Crippen LogP contribution is 2.21. The molecule has 128 valence electrons. The van der Waals surface area contributed by atoms with Gasteiger partial charge in [0.05, 0.1) is 5.56 Å². The molecule has 0 atom stereocenters. The summed E-state index contributed by atoms with van der Waals surface area (Å²) in [7, 11) is 0. The van der Waals surface area contributed by atoms with Crippen LogP contribution in [0, 0.1) is 0 Å². The third-order valence-corrected chi connectivity index (χ3v) is 4.17. The van der Waals surface area contributed by atoms with Crippen LogP contribution in [-0.2, 0) is 11.3 Å². The van der Waals surface area contributed by atoms with E-state index >= 15 is 0 Å². The summed E-state index contributed by atoms with van der Waals surface area (Å²) in [5.74, 6) is -1.15. The molecule has 2 aromatic rings. The minimum atomic E-state index is -1.02. The zero-order valence-corrected chi connectivity index (χ0v) is 13.6. The number of hydrogen-bond donors (Lipinski definition) is 2. The van der Waals surface area contributed by atoms with Gasteiger partial charge in [0, 0.05) is 30.8 Å². The molecule has 0 aliphatic carbocycles. The van der Waals surface area contributed by atoms with Crippen LogP contribution in [0.5, 0.6) is 0 Å². The Hall–Kier alpha value is -3.15. The van der Waals surface area contributed by atoms with E-state index in [2.05, 4.69) is 5.32 Å². The fourth-order valence-corrected chi connectivity index (χ4v) is 2.76. The number of aromatic carboxylic acids is 1. The average molecular weight is 338 g/mol. The molecule has 25 heavy (non-hydrogen) atoms. The monoisotopic (exact) mass is 338 g/mol. The number of carbonyl (C=O) groups excluding carboxylic acids is 2. The summed E-state index contributed by atoms with van der Waals surface area (Å²) in [5.41, 5.74) is 2.35. The number of carboxylic acids is 1. The van der Waals surface area contributed by atoms with Crippen LogP contribution < -0.4 is 10.2 Å². The van der Waals surface area contributed by atoms with E-state index in [0.717, 1.165) is 24.2 Å². The van der Waals surface area contributed by atoms with E-state index in [1.54, 1.807) is 4.90 Å². The Morgan fingerprint density at radius 2 is 1.64 bits per heavy atom. The fourth-order valence-electron chi connectivity index (χ4n) is 2.76. The maximum Gasteiger partial charge on any atom is 0.335 e. The van der Waals surface area contributed by atoms with Crippen molar-refractivity contribution in [3.8, 4) is 0 Å². The summed E-state index contributed by atoms with van der Waals surface area (Å²) in [6.45, 7) is 1.11. The topological polar surface area (TPSA) is 86.7 Å². The first-order chi connectivity index (χ1) is 12.0. The van der Waals surface area contributed by atoms with Gasteiger partial charge in [0.2, 0.25) is 5.91 Å². The van der Waals surface area contributed by atoms with E-state index in [4.69, 9.17) is 5.11 Å². The largest absolute Gasteiger partial charge is 0.478 e. The van der Waals surface area contributed by atoms with Gasteiger partial charge in [-0.05, 0) is 48.4 Å². The van der Waals surface area contributed by atoms with Gasteiger partial charge in [-0.2, -0.15) is 0 Å². The van der Waals surface area contributed by atoms with Crippen LogP contribution in [0.25, 0.3) is 0 Å². The second kappa shape index (κ2) is 7.17. The molecule has 1 saturated heterocycles. The first kappa shape index (κ1) is 16.7. The van der Waals surface area contributed by atoms with Gasteiger partial charge in [-0.3, -0.25) is 9.59 Å². The number of amides is 2. The lowest BCUT2D eigenvalue weighted by Crippen LogP contribution is -2.24. The number of hydrogen-bond acceptors (Lipinski definition) is 3. The molecule has 1 fully saturated rings. The highest BCUT2D eigenvalue weighted by Gasteiger charge is 2.21. The summed E-state index contributed by atoms with van der Waals surface area (Å²) in [4.78, 5) is 36.4. The highest BCUT2D eigenvalue weighted by atomic mass is 16.4. The number of carbonyl (C=O) groups is 3. The standard InChI is InChI=1S/C19H18N2O4/c22-17-2-1-11-21(17)16-9-3-13(4-10-16)12-20-18(23)14-5-7-15(8-6-14)19(24)25/h3-10H,1-2,11-12H2,(H,20,23)(H,24,25). The summed E-state index contributed by atoms with van der Waals surface area (Å²) >= 11 is 0. The van der Waals surface area contributed by atoms with Gasteiger partial charge in [-0.15, -0.1) is 0 Å². The summed E-state index contributed by atoms with van der Waals surface area (Å²) < 4.78 is 0. The van der Waals surface area contributed by atoms with Crippen molar-refractivity contribution in [1.29, 1.82) is 0 Å². The third-order valence-electron chi connectivity index (χ3n) is 4.17. The third kappa shape index (κ3) is 3.85. The number of nitrogens with one attached hydrogen (secondary N) is 1. The van der Waals surface area contributed by atoms with Gasteiger partial charge < -0.3 is 15.3 Å². The number of anilines is 1. The minimum absolute atomic E-state index is 0.142. The lowest BCUT2D eigenvalue weighted by molar-refractivity contribution is -0.117. The van der Waals surface area contributed by atoms with Gasteiger partial charge in [-0.1, -0.05) is 12.1 Å². The number of rotatable bonds is 5. The SMILES string of the molecule is O=C(O)c1ccc(C(=O)NCc2ccc(N3CCCC3=O)cc2)cc1. The molecule has 2 amide bonds. The summed E-state index contributed by atoms with van der Waals surface area (Å²) in [6, 6.07) is 13.3. The first-order valence-corrected chi connectivity index (χ1v) is 8.05. The Bertz CT molecular complexity index is 797. The Kier molecular flexibility index (Phi) is 4.79. The van der Waals surface area contributed by atoms with Crippen LogP contribution in [0.15, 0.2) is 48.5 Å². The van der Waals surface area contributed by atoms with Crippen molar-refractivity contribution in [2.24, 2.45) is 0 Å². The van der Waals surface area contributed by atoms with Crippen molar-refractivity contribution in [1.82, 2.24) is 5.32 Å². The second-order valence-corrected chi connectivity index (χ2v) is 5.88. The van der Waals surface area contributed by atoms with Crippen LogP contribution in [0.3, 0.4) is 0 Å². The molecule has 2 aromatic carbocycles. The molecule has 1 aliphatic rings. The molecule has 3 rings (SSSR count). The van der Waals surface area contributed by atoms with Crippen molar-refractivity contribution in [3.05, 3.63) is 65.2 Å². The molecule has 2 N–H and O–H groups in total. The number of benzene rings is 2. The van der Waals surface area contributed by atoms with E-state index < -0.39 is 5.97 Å². The van der Waals surface area contributed by atoms with E-state index in [-0.39, 0.29) is 17.4 Å². The Morgan fingerprint density at radius 3 is 2.20 bits per heavy atom. The second-order valence-electron chi connectivity index (χ2n) is 5.88. The molecule has 0 unspecified atom stereocenters. The molecular weight excluding hydrogens is 320 g/mol. The molecule has 0 saturated carbocycles. The maximum absolute atomic E-state index is 12.1. The predicted octanol–water partition coefficient (Wildman–Crippen LogP) is 2.44. The Morgan fingerprint density at radius 1 is 1.00 bits per heavy atom. The average Bonchev–Trinajstić information content (AvgIpc) is 3.06. The lowest BCUT2D eigenvalue weighted by Gasteiger charge is -2.16. The quantitative estimate of drug-likeness (QED) is 0.877. The zero-order chi connectivity index (χ0) is 17.8. The first-order valence-electron chi connectivity index (χ1n) is 8.05. The molecule has 0 radical (unpaired) electrons. The van der Waals surface area contributed by atoms with Gasteiger partial charge in [-0.25, -0.2) is 4.79 Å². The molecule has 1 heterocycles. The van der Waals surface area contributed by atoms with Gasteiger partial charge >= 0.3 is 5.97 Å². The number of carboxylic acid groups (broad SMARTS) is 1. The van der Waals surface area contributed by atoms with Gasteiger partial charge in [0.15, 0.2) is 0 Å². The van der Waals surface area contributed by atoms with E-state index in [1.807, 2.05) is 24.3 Å². The van der Waals surface area contributed by atoms with E-state index in [0.29, 0.717) is 18.5 Å². The minimum Gasteiger partial charge on any atom is -0.478 e. The van der Waals surface area contributed by atoms with Gasteiger partial charge in [0.25, 0.3) is 5.91 Å². The molecule has 6 nitrogen and oxygen atoms in total. The maximum atomic E-state index is 12.1. The Labute approximate surface area is 145 Å². The lowest BCUT2D eigenvalue weighted by atomic mass is 10.1. The van der Waals surface area contributed by atoms with Crippen molar-refractivity contribution >= 4 is 23.5 Å². The van der Waals surface area contributed by atoms with Crippen molar-refractivity contribution in [2.75, 3.05) is 11.4 Å². The normalized spacial score (nSPS) is 13.8. The molecule has 6 heteroatoms. The molecular formula is C19H18N2O4. The Balaban J connectivity index is 1.58. The van der Waals surface area contributed by atoms with E-state index in [1.165, 1.54) is 24.3 Å².